The lowest BCUT2D eigenvalue weighted by Gasteiger charge is -2.28. The van der Waals surface area contributed by atoms with Gasteiger partial charge in [-0.15, -0.1) is 0 Å². The highest BCUT2D eigenvalue weighted by molar-refractivity contribution is 6.08. The van der Waals surface area contributed by atoms with Crippen LogP contribution < -0.4 is 5.32 Å². The van der Waals surface area contributed by atoms with Crippen LogP contribution in [0.5, 0.6) is 0 Å². The maximum atomic E-state index is 13.1. The molecule has 3 aliphatic rings. The Bertz CT molecular complexity index is 963. The van der Waals surface area contributed by atoms with Crippen LogP contribution in [-0.2, 0) is 23.9 Å². The van der Waals surface area contributed by atoms with Gasteiger partial charge in [0.15, 0.2) is 6.61 Å². The number of nitrogens with zero attached hydrogens (tertiary/aromatic N) is 2. The number of imide groups is 1. The van der Waals surface area contributed by atoms with Gasteiger partial charge in [-0.25, -0.2) is 4.79 Å². The fourth-order valence-electron chi connectivity index (χ4n) is 5.50. The second kappa shape index (κ2) is 8.33. The van der Waals surface area contributed by atoms with Gasteiger partial charge in [-0.2, -0.15) is 0 Å². The summed E-state index contributed by atoms with van der Waals surface area (Å²) in [5.74, 6) is -2.76. The number of ether oxygens (including phenoxy) is 1. The molecule has 1 heterocycles. The first-order valence-electron chi connectivity index (χ1n) is 10.8. The number of non-ortho nitro benzene ring substituents is 1. The first kappa shape index (κ1) is 21.9. The zero-order valence-electron chi connectivity index (χ0n) is 17.9. The van der Waals surface area contributed by atoms with Crippen molar-refractivity contribution in [2.45, 2.75) is 39.2 Å². The van der Waals surface area contributed by atoms with Crippen molar-refractivity contribution in [2.75, 3.05) is 11.9 Å². The fourth-order valence-corrected chi connectivity index (χ4v) is 5.50. The monoisotopic (exact) mass is 443 g/mol. The summed E-state index contributed by atoms with van der Waals surface area (Å²) in [6, 6.07) is 4.27. The molecule has 4 rings (SSSR count). The van der Waals surface area contributed by atoms with Crippen LogP contribution in [0.1, 0.15) is 33.1 Å². The Morgan fingerprint density at radius 1 is 1.19 bits per heavy atom. The number of rotatable bonds is 7. The molecule has 2 saturated carbocycles. The van der Waals surface area contributed by atoms with Crippen molar-refractivity contribution >= 4 is 35.1 Å². The number of hydrogen-bond donors (Lipinski definition) is 1. The number of nitro benzene ring substituents is 1. The highest BCUT2D eigenvalue weighted by Crippen LogP contribution is 2.56. The number of amides is 3. The molecule has 1 aliphatic heterocycles. The first-order chi connectivity index (χ1) is 15.2. The fraction of sp³-hybridized carbons (Fsp3) is 0.545. The van der Waals surface area contributed by atoms with E-state index in [1.807, 2.05) is 0 Å². The molecule has 10 nitrogen and oxygen atoms in total. The molecule has 0 aromatic heterocycles. The van der Waals surface area contributed by atoms with Crippen LogP contribution in [0.3, 0.4) is 0 Å². The molecule has 0 unspecified atom stereocenters. The molecule has 10 heteroatoms. The zero-order valence-corrected chi connectivity index (χ0v) is 17.9. The highest BCUT2D eigenvalue weighted by atomic mass is 16.6. The molecule has 2 aliphatic carbocycles. The first-order valence-corrected chi connectivity index (χ1v) is 10.8. The summed E-state index contributed by atoms with van der Waals surface area (Å²) in [4.78, 5) is 62.5. The van der Waals surface area contributed by atoms with E-state index in [0.29, 0.717) is 0 Å². The smallest absolute Gasteiger partial charge is 0.330 e. The summed E-state index contributed by atoms with van der Waals surface area (Å²) >= 11 is 0. The van der Waals surface area contributed by atoms with Gasteiger partial charge >= 0.3 is 5.97 Å². The molecule has 1 N–H and O–H groups in total. The second-order valence-electron chi connectivity index (χ2n) is 9.08. The number of carbonyl (C=O) groups is 4. The molecule has 1 aromatic rings. The summed E-state index contributed by atoms with van der Waals surface area (Å²) in [6.07, 6.45) is 2.77. The molecular formula is C22H25N3O7. The van der Waals surface area contributed by atoms with Crippen molar-refractivity contribution < 1.29 is 28.8 Å². The van der Waals surface area contributed by atoms with Crippen molar-refractivity contribution in [1.82, 2.24) is 4.90 Å². The average Bonchev–Trinajstić information content (AvgIpc) is 3.42. The summed E-state index contributed by atoms with van der Waals surface area (Å²) in [5, 5.41) is 13.3. The summed E-state index contributed by atoms with van der Waals surface area (Å²) in [7, 11) is 0. The molecule has 32 heavy (non-hydrogen) atoms. The minimum atomic E-state index is -1.09. The van der Waals surface area contributed by atoms with Gasteiger partial charge in [-0.1, -0.05) is 19.9 Å². The van der Waals surface area contributed by atoms with E-state index >= 15 is 0 Å². The Balaban J connectivity index is 1.40. The van der Waals surface area contributed by atoms with E-state index in [4.69, 9.17) is 4.74 Å². The average molecular weight is 443 g/mol. The number of carbonyl (C=O) groups excluding carboxylic acids is 4. The van der Waals surface area contributed by atoms with Crippen molar-refractivity contribution in [3.8, 4) is 0 Å². The third kappa shape index (κ3) is 3.74. The largest absolute Gasteiger partial charge is 0.454 e. The summed E-state index contributed by atoms with van der Waals surface area (Å²) in [5.41, 5.74) is -0.000836. The quantitative estimate of drug-likeness (QED) is 0.295. The van der Waals surface area contributed by atoms with Gasteiger partial charge in [-0.05, 0) is 43.1 Å². The van der Waals surface area contributed by atoms with Crippen molar-refractivity contribution in [3.05, 3.63) is 34.4 Å². The van der Waals surface area contributed by atoms with E-state index in [9.17, 15) is 29.3 Å². The summed E-state index contributed by atoms with van der Waals surface area (Å²) < 4.78 is 5.15. The predicted molar refractivity (Wildman–Crippen MR) is 111 cm³/mol. The number of nitro groups is 1. The lowest BCUT2D eigenvalue weighted by Crippen LogP contribution is -2.50. The van der Waals surface area contributed by atoms with Crippen molar-refractivity contribution in [1.29, 1.82) is 0 Å². The molecule has 0 radical (unpaired) electrons. The van der Waals surface area contributed by atoms with Crippen LogP contribution in [-0.4, -0.2) is 46.2 Å². The van der Waals surface area contributed by atoms with E-state index in [0.717, 1.165) is 24.2 Å². The SMILES string of the molecule is CC(C)[C@H](C(=O)OCC(=O)Nc1cccc([N+](=O)[O-])c1)N1C(=O)[C@@H]2[C@H]3CC[C@@H](C3)[C@@H]2C1=O. The predicted octanol–water partition coefficient (Wildman–Crippen LogP) is 2.13. The Morgan fingerprint density at radius 2 is 1.81 bits per heavy atom. The topological polar surface area (TPSA) is 136 Å². The molecule has 5 atom stereocenters. The third-order valence-electron chi connectivity index (χ3n) is 6.80. The van der Waals surface area contributed by atoms with Gasteiger partial charge in [0, 0.05) is 17.8 Å². The zero-order chi connectivity index (χ0) is 23.2. The van der Waals surface area contributed by atoms with Gasteiger partial charge in [0.25, 0.3) is 11.6 Å². The van der Waals surface area contributed by atoms with E-state index in [2.05, 4.69) is 5.32 Å². The number of fused-ring (bicyclic) bond motifs is 5. The molecule has 1 aromatic carbocycles. The minimum Gasteiger partial charge on any atom is -0.454 e. The van der Waals surface area contributed by atoms with Gasteiger partial charge in [-0.3, -0.25) is 29.4 Å². The Kier molecular flexibility index (Phi) is 5.70. The molecule has 170 valence electrons. The maximum Gasteiger partial charge on any atom is 0.330 e. The molecular weight excluding hydrogens is 418 g/mol. The van der Waals surface area contributed by atoms with Gasteiger partial charge in [0.05, 0.1) is 16.8 Å². The van der Waals surface area contributed by atoms with Crippen molar-refractivity contribution in [3.63, 3.8) is 0 Å². The normalized spacial score (nSPS) is 26.9. The Hall–Kier alpha value is -3.30. The maximum absolute atomic E-state index is 13.1. The molecule has 0 spiro atoms. The van der Waals surface area contributed by atoms with E-state index in [1.165, 1.54) is 24.3 Å². The van der Waals surface area contributed by atoms with Crippen LogP contribution in [0.25, 0.3) is 0 Å². The number of hydrogen-bond acceptors (Lipinski definition) is 7. The number of anilines is 1. The van der Waals surface area contributed by atoms with Crippen molar-refractivity contribution in [2.24, 2.45) is 29.6 Å². The minimum absolute atomic E-state index is 0.189. The Morgan fingerprint density at radius 3 is 2.38 bits per heavy atom. The van der Waals surface area contributed by atoms with E-state index < -0.39 is 29.4 Å². The highest BCUT2D eigenvalue weighted by Gasteiger charge is 2.62. The second-order valence-corrected chi connectivity index (χ2v) is 9.08. The number of esters is 1. The molecule has 3 amide bonds. The lowest BCUT2D eigenvalue weighted by atomic mass is 9.81. The van der Waals surface area contributed by atoms with Crippen LogP contribution >= 0.6 is 0 Å². The molecule has 3 fully saturated rings. The number of nitrogens with one attached hydrogen (secondary N) is 1. The third-order valence-corrected chi connectivity index (χ3v) is 6.80. The number of benzene rings is 1. The Labute approximate surface area is 184 Å². The van der Waals surface area contributed by atoms with Crippen LogP contribution in [0.4, 0.5) is 11.4 Å². The van der Waals surface area contributed by atoms with E-state index in [1.54, 1.807) is 13.8 Å². The van der Waals surface area contributed by atoms with Crippen LogP contribution in [0, 0.1) is 39.7 Å². The van der Waals surface area contributed by atoms with Crippen LogP contribution in [0.2, 0.25) is 0 Å². The number of likely N-dealkylation sites (tertiary alicyclic amines) is 1. The standard InChI is InChI=1S/C22H25N3O7/c1-11(2)19(24-20(27)17-12-6-7-13(8-12)18(17)21(24)28)22(29)32-10-16(26)23-14-4-3-5-15(9-14)25(30)31/h3-5,9,11-13,17-19H,6-8,10H2,1-2H3,(H,23,26)/t12-,13-,17-,18+,19+/m0/s1. The van der Waals surface area contributed by atoms with Gasteiger partial charge < -0.3 is 10.1 Å². The molecule has 2 bridgehead atoms. The lowest BCUT2D eigenvalue weighted by molar-refractivity contribution is -0.384. The molecule has 1 saturated heterocycles. The van der Waals surface area contributed by atoms with E-state index in [-0.39, 0.29) is 52.8 Å². The van der Waals surface area contributed by atoms with Gasteiger partial charge in [0.1, 0.15) is 6.04 Å². The van der Waals surface area contributed by atoms with Crippen LogP contribution in [0.15, 0.2) is 24.3 Å². The van der Waals surface area contributed by atoms with Gasteiger partial charge in [0.2, 0.25) is 11.8 Å². The summed E-state index contributed by atoms with van der Waals surface area (Å²) in [6.45, 7) is 2.80.